The lowest BCUT2D eigenvalue weighted by Crippen LogP contribution is -2.39. The van der Waals surface area contributed by atoms with Crippen LogP contribution < -0.4 is 34.9 Å². The van der Waals surface area contributed by atoms with Crippen LogP contribution in [-0.4, -0.2) is 55.8 Å². The highest BCUT2D eigenvalue weighted by atomic mass is 16.5. The molecule has 4 aliphatic rings. The molecule has 3 N–H and O–H groups in total. The van der Waals surface area contributed by atoms with Gasteiger partial charge in [0, 0.05) is 42.0 Å². The highest BCUT2D eigenvalue weighted by Gasteiger charge is 2.38. The van der Waals surface area contributed by atoms with Gasteiger partial charge in [0.05, 0.1) is 48.8 Å². The first-order chi connectivity index (χ1) is 26.3. The number of terminal acetylenes is 1. The lowest BCUT2D eigenvalue weighted by atomic mass is 10.1. The van der Waals surface area contributed by atoms with Gasteiger partial charge >= 0.3 is 0 Å². The molecule has 272 valence electrons. The molecule has 0 bridgehead atoms. The molecule has 4 aromatic carbocycles. The van der Waals surface area contributed by atoms with Crippen LogP contribution in [0, 0.1) is 12.3 Å². The molecule has 0 fully saturated rings. The molecule has 0 saturated carbocycles. The number of carbonyl (C=O) groups is 2. The van der Waals surface area contributed by atoms with Gasteiger partial charge in [0.15, 0.2) is 23.0 Å². The first-order valence-corrected chi connectivity index (χ1v) is 17.7. The van der Waals surface area contributed by atoms with E-state index in [0.29, 0.717) is 64.2 Å². The molecule has 0 unspecified atom stereocenters. The van der Waals surface area contributed by atoms with Crippen LogP contribution in [0.4, 0.5) is 22.7 Å². The van der Waals surface area contributed by atoms with Crippen molar-refractivity contribution in [1.82, 2.24) is 4.90 Å². The zero-order chi connectivity index (χ0) is 37.5. The van der Waals surface area contributed by atoms with E-state index >= 15 is 0 Å². The highest BCUT2D eigenvalue weighted by molar-refractivity contribution is 6.12. The summed E-state index contributed by atoms with van der Waals surface area (Å²) >= 11 is 0. The van der Waals surface area contributed by atoms with E-state index in [-0.39, 0.29) is 37.1 Å². The van der Waals surface area contributed by atoms with Gasteiger partial charge in [-0.25, -0.2) is 0 Å². The monoisotopic (exact) mass is 721 g/mol. The second-order valence-electron chi connectivity index (χ2n) is 13.7. The van der Waals surface area contributed by atoms with Crippen LogP contribution in [0.1, 0.15) is 50.8 Å². The minimum atomic E-state index is -0.217. The molecule has 11 nitrogen and oxygen atoms in total. The fourth-order valence-corrected chi connectivity index (χ4v) is 7.71. The largest absolute Gasteiger partial charge is 0.493 e. The Bertz CT molecular complexity index is 2340. The zero-order valence-corrected chi connectivity index (χ0v) is 30.2. The standard InChI is InChI=1S/C43H39N5O6/c1-5-6-10-36-25(2)12-30-21-45-34-19-40(38(51-3)17-32(34)42(49)47(30)36)53-23-26-13-27(15-29(44)14-26)24-54-41-20-35-33(18-39(41)52-4)43(50)48-31(22-46-35)16-28-9-7-8-11-37(28)48/h1,6-11,13-15,17-21,30-31,46H,12,16,22-24,44H2,2-4H3/b10-6-/t30-,31-/m0/s1. The average molecular weight is 722 g/mol. The number of hydrogen-bond acceptors (Lipinski definition) is 9. The summed E-state index contributed by atoms with van der Waals surface area (Å²) < 4.78 is 23.9. The number of nitrogen functional groups attached to an aromatic ring is 1. The number of nitrogens with zero attached hydrogens (tertiary/aromatic N) is 3. The Morgan fingerprint density at radius 2 is 1.57 bits per heavy atom. The van der Waals surface area contributed by atoms with Crippen molar-refractivity contribution in [2.75, 3.05) is 36.7 Å². The molecule has 2 amide bonds. The third kappa shape index (κ3) is 6.15. The number of anilines is 3. The number of para-hydroxylation sites is 1. The summed E-state index contributed by atoms with van der Waals surface area (Å²) in [4.78, 5) is 36.0. The number of benzene rings is 4. The molecule has 2 atom stereocenters. The van der Waals surface area contributed by atoms with Gasteiger partial charge in [0.2, 0.25) is 0 Å². The second kappa shape index (κ2) is 14.0. The van der Waals surface area contributed by atoms with E-state index in [2.05, 4.69) is 22.3 Å². The predicted molar refractivity (Wildman–Crippen MR) is 208 cm³/mol. The summed E-state index contributed by atoms with van der Waals surface area (Å²) in [6.45, 7) is 2.95. The van der Waals surface area contributed by atoms with Crippen molar-refractivity contribution in [1.29, 1.82) is 0 Å². The molecule has 0 aromatic heterocycles. The Balaban J connectivity index is 0.987. The van der Waals surface area contributed by atoms with Crippen molar-refractivity contribution < 1.29 is 28.5 Å². The van der Waals surface area contributed by atoms with Gasteiger partial charge in [-0.2, -0.15) is 0 Å². The van der Waals surface area contributed by atoms with E-state index in [9.17, 15) is 9.59 Å². The van der Waals surface area contributed by atoms with Crippen molar-refractivity contribution in [2.45, 2.75) is 45.1 Å². The van der Waals surface area contributed by atoms with Gasteiger partial charge in [-0.15, -0.1) is 6.42 Å². The molecule has 0 radical (unpaired) electrons. The number of fused-ring (bicyclic) bond motifs is 6. The van der Waals surface area contributed by atoms with E-state index in [1.165, 1.54) is 12.7 Å². The third-order valence-electron chi connectivity index (χ3n) is 10.2. The molecule has 8 rings (SSSR count). The van der Waals surface area contributed by atoms with Crippen LogP contribution in [-0.2, 0) is 19.6 Å². The summed E-state index contributed by atoms with van der Waals surface area (Å²) in [6.07, 6.45) is 12.1. The first-order valence-electron chi connectivity index (χ1n) is 17.7. The number of carbonyl (C=O) groups excluding carboxylic acids is 2. The van der Waals surface area contributed by atoms with E-state index in [4.69, 9.17) is 31.1 Å². The van der Waals surface area contributed by atoms with Crippen molar-refractivity contribution in [2.24, 2.45) is 4.99 Å². The number of aliphatic imine (C=N–C) groups is 1. The zero-order valence-electron chi connectivity index (χ0n) is 30.2. The lowest BCUT2D eigenvalue weighted by Gasteiger charge is -2.23. The van der Waals surface area contributed by atoms with Gasteiger partial charge in [0.1, 0.15) is 13.2 Å². The number of ether oxygens (including phenoxy) is 4. The average Bonchev–Trinajstić information content (AvgIpc) is 3.63. The van der Waals surface area contributed by atoms with Crippen LogP contribution in [0.25, 0.3) is 0 Å². The van der Waals surface area contributed by atoms with E-state index < -0.39 is 0 Å². The molecule has 0 spiro atoms. The van der Waals surface area contributed by atoms with Gasteiger partial charge in [-0.05, 0) is 90.6 Å². The maximum Gasteiger partial charge on any atom is 0.261 e. The molecular weight excluding hydrogens is 683 g/mol. The molecule has 0 aliphatic carbocycles. The van der Waals surface area contributed by atoms with Crippen LogP contribution in [0.15, 0.2) is 95.1 Å². The fraction of sp³-hybridized carbons (Fsp3) is 0.233. The summed E-state index contributed by atoms with van der Waals surface area (Å²) in [5.74, 6) is 4.02. The highest BCUT2D eigenvalue weighted by Crippen LogP contribution is 2.42. The lowest BCUT2D eigenvalue weighted by molar-refractivity contribution is 0.0806. The molecule has 4 aromatic rings. The normalized spacial score (nSPS) is 18.2. The Morgan fingerprint density at radius 1 is 0.889 bits per heavy atom. The van der Waals surface area contributed by atoms with Crippen LogP contribution in [0.5, 0.6) is 23.0 Å². The molecule has 4 aliphatic heterocycles. The Labute approximate surface area is 313 Å². The van der Waals surface area contributed by atoms with E-state index in [0.717, 1.165) is 34.5 Å². The van der Waals surface area contributed by atoms with Gasteiger partial charge in [-0.3, -0.25) is 19.5 Å². The SMILES string of the molecule is C#C/C=C\C1=C(C)C[C@H]2C=Nc3cc(OCc4cc(N)cc(COc5cc6c(cc5OC)C(=O)N5c7ccccc7C[C@H]5CN6)c4)c(OC)cc3C(=O)N12. The number of nitrogens with two attached hydrogens (primary N) is 1. The van der Waals surface area contributed by atoms with Crippen LogP contribution in [0.2, 0.25) is 0 Å². The number of amides is 2. The molecule has 0 saturated heterocycles. The molecule has 54 heavy (non-hydrogen) atoms. The number of methoxy groups -OCH3 is 2. The summed E-state index contributed by atoms with van der Waals surface area (Å²) in [6, 6.07) is 20.4. The Morgan fingerprint density at radius 3 is 2.30 bits per heavy atom. The number of rotatable bonds is 9. The minimum absolute atomic E-state index is 0.0152. The summed E-state index contributed by atoms with van der Waals surface area (Å²) in [7, 11) is 3.09. The topological polar surface area (TPSA) is 128 Å². The Hall–Kier alpha value is -6.67. The van der Waals surface area contributed by atoms with Gasteiger partial charge in [-0.1, -0.05) is 24.1 Å². The maximum absolute atomic E-state index is 13.8. The van der Waals surface area contributed by atoms with Gasteiger partial charge in [0.25, 0.3) is 11.8 Å². The van der Waals surface area contributed by atoms with E-state index in [1.54, 1.807) is 48.6 Å². The van der Waals surface area contributed by atoms with Crippen LogP contribution >= 0.6 is 0 Å². The second-order valence-corrected chi connectivity index (χ2v) is 13.7. The number of allylic oxidation sites excluding steroid dienone is 2. The quantitative estimate of drug-likeness (QED) is 0.142. The predicted octanol–water partition coefficient (Wildman–Crippen LogP) is 6.83. The van der Waals surface area contributed by atoms with Crippen molar-refractivity contribution in [3.05, 3.63) is 118 Å². The van der Waals surface area contributed by atoms with Gasteiger partial charge < -0.3 is 34.9 Å². The molecule has 11 heteroatoms. The summed E-state index contributed by atoms with van der Waals surface area (Å²) in [5.41, 5.74) is 14.6. The smallest absolute Gasteiger partial charge is 0.261 e. The third-order valence-corrected chi connectivity index (χ3v) is 10.2. The van der Waals surface area contributed by atoms with Crippen molar-refractivity contribution in [3.8, 4) is 35.3 Å². The van der Waals surface area contributed by atoms with Crippen molar-refractivity contribution in [3.63, 3.8) is 0 Å². The number of hydrogen-bond donors (Lipinski definition) is 2. The number of nitrogens with one attached hydrogen (secondary N) is 1. The summed E-state index contributed by atoms with van der Waals surface area (Å²) in [5, 5.41) is 3.47. The molecule has 4 heterocycles. The molecular formula is C43H39N5O6. The van der Waals surface area contributed by atoms with Crippen LogP contribution in [0.3, 0.4) is 0 Å². The minimum Gasteiger partial charge on any atom is -0.493 e. The maximum atomic E-state index is 13.8. The fourth-order valence-electron chi connectivity index (χ4n) is 7.71. The first kappa shape index (κ1) is 34.4. The van der Waals surface area contributed by atoms with Crippen molar-refractivity contribution >= 4 is 40.8 Å². The van der Waals surface area contributed by atoms with E-state index in [1.807, 2.05) is 54.3 Å². The Kier molecular flexibility index (Phi) is 8.95.